The fourth-order valence-corrected chi connectivity index (χ4v) is 7.18. The van der Waals surface area contributed by atoms with Gasteiger partial charge >= 0.3 is 12.4 Å². The van der Waals surface area contributed by atoms with Crippen LogP contribution in [0.3, 0.4) is 0 Å². The zero-order valence-electron chi connectivity index (χ0n) is 23.2. The number of fused-ring (bicyclic) bond motifs is 1. The summed E-state index contributed by atoms with van der Waals surface area (Å²) in [6, 6.07) is 2.74. The number of nitrogens with one attached hydrogen (secondary N) is 1. The van der Waals surface area contributed by atoms with Gasteiger partial charge in [-0.25, -0.2) is 12.8 Å². The lowest BCUT2D eigenvalue weighted by Crippen LogP contribution is -2.54. The molecule has 17 heteroatoms. The third-order valence-corrected chi connectivity index (χ3v) is 9.75. The molecule has 0 saturated carbocycles. The van der Waals surface area contributed by atoms with Gasteiger partial charge in [-0.15, -0.1) is 0 Å². The van der Waals surface area contributed by atoms with Crippen LogP contribution in [0.25, 0.3) is 0 Å². The second kappa shape index (κ2) is 11.2. The van der Waals surface area contributed by atoms with Crippen LogP contribution >= 0.6 is 0 Å². The maximum atomic E-state index is 13.8. The number of halogens is 7. The molecule has 2 heterocycles. The van der Waals surface area contributed by atoms with Crippen molar-refractivity contribution in [2.75, 3.05) is 17.4 Å². The van der Waals surface area contributed by atoms with Crippen LogP contribution in [0.15, 0.2) is 47.4 Å². The van der Waals surface area contributed by atoms with E-state index in [4.69, 9.17) is 0 Å². The smallest absolute Gasteiger partial charge is 0.386 e. The number of alkyl halides is 6. The number of carbonyl (C=O) groups excluding carboxylic acids is 2. The highest BCUT2D eigenvalue weighted by Crippen LogP contribution is 2.51. The first-order valence-corrected chi connectivity index (χ1v) is 14.6. The Morgan fingerprint density at radius 2 is 1.64 bits per heavy atom. The first kappa shape index (κ1) is 33.5. The van der Waals surface area contributed by atoms with Gasteiger partial charge < -0.3 is 20.4 Å². The number of likely N-dealkylation sites (tertiary alicyclic amines) is 1. The van der Waals surface area contributed by atoms with Crippen LogP contribution in [0.2, 0.25) is 0 Å². The van der Waals surface area contributed by atoms with Crippen molar-refractivity contribution in [2.24, 2.45) is 0 Å². The molecule has 2 aromatic carbocycles. The fourth-order valence-electron chi connectivity index (χ4n) is 5.47. The van der Waals surface area contributed by atoms with E-state index in [0.717, 1.165) is 24.3 Å². The number of rotatable bonds is 6. The standard InChI is InChI=1S/C27H28F7N3O6S/c1-15(38)36-13-22(24(2,40)14-36)35-23(39)12-19-7-3-16-11-17(25(41,26(29,30)31)27(32,33)34)4-10-21(16)37(19)44(42,43)20-8-5-18(28)6-9-20/h4-6,8-11,19,22,40-41H,3,7,12-14H2,1-2H3,(H,35,39)/t19-,22+,24-/m0/s1. The molecule has 0 bridgehead atoms. The molecule has 2 aliphatic heterocycles. The van der Waals surface area contributed by atoms with E-state index in [-0.39, 0.29) is 43.1 Å². The highest BCUT2D eigenvalue weighted by molar-refractivity contribution is 7.92. The molecule has 0 aromatic heterocycles. The molecule has 0 aliphatic carbocycles. The Morgan fingerprint density at radius 3 is 2.16 bits per heavy atom. The molecule has 44 heavy (non-hydrogen) atoms. The molecule has 1 saturated heterocycles. The largest absolute Gasteiger partial charge is 0.430 e. The van der Waals surface area contributed by atoms with Crippen molar-refractivity contribution >= 4 is 27.5 Å². The van der Waals surface area contributed by atoms with Crippen LogP contribution in [0.1, 0.15) is 37.8 Å². The number of nitrogens with zero attached hydrogens (tertiary/aromatic N) is 2. The van der Waals surface area contributed by atoms with Crippen molar-refractivity contribution in [3.05, 3.63) is 59.4 Å². The summed E-state index contributed by atoms with van der Waals surface area (Å²) in [7, 11) is -4.68. The zero-order chi connectivity index (χ0) is 33.0. The van der Waals surface area contributed by atoms with Gasteiger partial charge in [-0.2, -0.15) is 26.3 Å². The summed E-state index contributed by atoms with van der Waals surface area (Å²) in [4.78, 5) is 25.7. The third-order valence-electron chi connectivity index (χ3n) is 7.87. The van der Waals surface area contributed by atoms with Crippen molar-refractivity contribution in [2.45, 2.75) is 73.6 Å². The number of aliphatic hydroxyl groups is 2. The second-order valence-electron chi connectivity index (χ2n) is 11.1. The average molecular weight is 656 g/mol. The van der Waals surface area contributed by atoms with Crippen LogP contribution in [0, 0.1) is 5.82 Å². The van der Waals surface area contributed by atoms with E-state index >= 15 is 0 Å². The van der Waals surface area contributed by atoms with Crippen molar-refractivity contribution in [1.82, 2.24) is 10.2 Å². The Kier molecular flexibility index (Phi) is 8.49. The summed E-state index contributed by atoms with van der Waals surface area (Å²) >= 11 is 0. The Labute approximate surface area is 247 Å². The maximum Gasteiger partial charge on any atom is 0.430 e. The van der Waals surface area contributed by atoms with Crippen molar-refractivity contribution in [1.29, 1.82) is 0 Å². The Morgan fingerprint density at radius 1 is 1.05 bits per heavy atom. The first-order chi connectivity index (χ1) is 20.1. The van der Waals surface area contributed by atoms with Crippen LogP contribution in [-0.4, -0.2) is 78.5 Å². The minimum atomic E-state index is -6.17. The number of amides is 2. The van der Waals surface area contributed by atoms with E-state index < -0.39 is 74.3 Å². The number of benzene rings is 2. The monoisotopic (exact) mass is 655 g/mol. The van der Waals surface area contributed by atoms with Crippen LogP contribution < -0.4 is 9.62 Å². The number of hydrogen-bond acceptors (Lipinski definition) is 6. The van der Waals surface area contributed by atoms with E-state index in [1.165, 1.54) is 18.7 Å². The van der Waals surface area contributed by atoms with Gasteiger partial charge in [-0.1, -0.05) is 12.1 Å². The summed E-state index contributed by atoms with van der Waals surface area (Å²) in [5, 5.41) is 23.1. The Balaban J connectivity index is 1.74. The molecule has 2 amide bonds. The van der Waals surface area contributed by atoms with Gasteiger partial charge in [0.05, 0.1) is 29.2 Å². The number of anilines is 1. The molecule has 4 rings (SSSR count). The van der Waals surface area contributed by atoms with E-state index in [1.54, 1.807) is 0 Å². The minimum absolute atomic E-state index is 0.0384. The van der Waals surface area contributed by atoms with Gasteiger partial charge in [0.25, 0.3) is 15.6 Å². The lowest BCUT2D eigenvalue weighted by atomic mass is 9.87. The van der Waals surface area contributed by atoms with Gasteiger partial charge in [0.1, 0.15) is 11.4 Å². The van der Waals surface area contributed by atoms with Gasteiger partial charge in [0, 0.05) is 25.5 Å². The normalized spacial score (nSPS) is 23.0. The van der Waals surface area contributed by atoms with Gasteiger partial charge in [0.15, 0.2) is 0 Å². The topological polar surface area (TPSA) is 127 Å². The summed E-state index contributed by atoms with van der Waals surface area (Å²) in [6.45, 7) is 2.54. The third kappa shape index (κ3) is 5.96. The molecular formula is C27H28F7N3O6S. The summed E-state index contributed by atoms with van der Waals surface area (Å²) < 4.78 is 123. The van der Waals surface area contributed by atoms with Gasteiger partial charge in [-0.3, -0.25) is 13.9 Å². The predicted octanol–water partition coefficient (Wildman–Crippen LogP) is 3.14. The molecular weight excluding hydrogens is 627 g/mol. The molecule has 3 atom stereocenters. The molecule has 1 fully saturated rings. The van der Waals surface area contributed by atoms with Crippen molar-refractivity contribution in [3.63, 3.8) is 0 Å². The summed E-state index contributed by atoms with van der Waals surface area (Å²) in [5.74, 6) is -1.90. The molecule has 2 aliphatic rings. The Hall–Kier alpha value is -3.44. The first-order valence-electron chi connectivity index (χ1n) is 13.2. The van der Waals surface area contributed by atoms with E-state index in [2.05, 4.69) is 5.32 Å². The summed E-state index contributed by atoms with van der Waals surface area (Å²) in [6.07, 6.45) is -13.4. The molecule has 2 aromatic rings. The van der Waals surface area contributed by atoms with Crippen LogP contribution in [0.4, 0.5) is 36.4 Å². The average Bonchev–Trinajstić information content (AvgIpc) is 3.20. The highest BCUT2D eigenvalue weighted by atomic mass is 32.2. The number of carbonyl (C=O) groups is 2. The number of sulfonamides is 1. The van der Waals surface area contributed by atoms with Gasteiger partial charge in [-0.05, 0) is 55.7 Å². The molecule has 0 spiro atoms. The molecule has 0 unspecified atom stereocenters. The number of hydrogen-bond donors (Lipinski definition) is 3. The SMILES string of the molecule is CC(=O)N1C[C@@H](NC(=O)C[C@@H]2CCc3cc(C(O)(C(F)(F)F)C(F)(F)F)ccc3N2S(=O)(=O)c2ccc(F)cc2)[C@@](C)(O)C1. The van der Waals surface area contributed by atoms with E-state index in [9.17, 15) is 59.0 Å². The van der Waals surface area contributed by atoms with Crippen LogP contribution in [0.5, 0.6) is 0 Å². The lowest BCUT2D eigenvalue weighted by molar-refractivity contribution is -0.376. The zero-order valence-corrected chi connectivity index (χ0v) is 24.0. The van der Waals surface area contributed by atoms with Crippen LogP contribution in [-0.2, 0) is 31.6 Å². The predicted molar refractivity (Wildman–Crippen MR) is 140 cm³/mol. The number of β-amino-alcohol motifs (C(OH)–C–C–N with tert-alkyl or cyclic N) is 1. The minimum Gasteiger partial charge on any atom is -0.386 e. The van der Waals surface area contributed by atoms with Crippen molar-refractivity contribution in [3.8, 4) is 0 Å². The fraction of sp³-hybridized carbons (Fsp3) is 0.481. The second-order valence-corrected chi connectivity index (χ2v) is 12.9. The molecule has 0 radical (unpaired) electrons. The van der Waals surface area contributed by atoms with Gasteiger partial charge in [0.2, 0.25) is 11.8 Å². The molecule has 9 nitrogen and oxygen atoms in total. The lowest BCUT2D eigenvalue weighted by Gasteiger charge is -2.39. The van der Waals surface area contributed by atoms with E-state index in [1.807, 2.05) is 0 Å². The number of aryl methyl sites for hydroxylation is 1. The maximum absolute atomic E-state index is 13.8. The Bertz CT molecular complexity index is 1530. The molecule has 242 valence electrons. The summed E-state index contributed by atoms with van der Waals surface area (Å²) in [5.41, 5.74) is -8.98. The van der Waals surface area contributed by atoms with Crippen molar-refractivity contribution < 1.29 is 59.0 Å². The quantitative estimate of drug-likeness (QED) is 0.411. The van der Waals surface area contributed by atoms with E-state index in [0.29, 0.717) is 22.5 Å². The highest BCUT2D eigenvalue weighted by Gasteiger charge is 2.71. The molecule has 3 N–H and O–H groups in total.